The Hall–Kier alpha value is -1.76. The maximum atomic E-state index is 4.02. The first-order valence-electron chi connectivity index (χ1n) is 9.64. The molecule has 0 saturated carbocycles. The van der Waals surface area contributed by atoms with Crippen molar-refractivity contribution >= 4 is 0 Å². The minimum Gasteiger partial charge on any atom is -0.389 e. The first kappa shape index (κ1) is 22.2. The molecule has 1 aliphatic carbocycles. The van der Waals surface area contributed by atoms with E-state index in [1.165, 1.54) is 24.0 Å². The van der Waals surface area contributed by atoms with Crippen LogP contribution >= 0.6 is 0 Å². The maximum Gasteiger partial charge on any atom is 0.0152 e. The third-order valence-electron chi connectivity index (χ3n) is 3.86. The molecule has 0 aliphatic heterocycles. The summed E-state index contributed by atoms with van der Waals surface area (Å²) in [7, 11) is 0. The van der Waals surface area contributed by atoms with Crippen molar-refractivity contribution in [3.63, 3.8) is 0 Å². The van der Waals surface area contributed by atoms with E-state index < -0.39 is 0 Å². The zero-order valence-corrected chi connectivity index (χ0v) is 16.4. The summed E-state index contributed by atoms with van der Waals surface area (Å²) in [6, 6.07) is 10.8. The van der Waals surface area contributed by atoms with Gasteiger partial charge in [-0.05, 0) is 36.8 Å². The maximum absolute atomic E-state index is 4.02. The molecule has 0 spiro atoms. The van der Waals surface area contributed by atoms with Gasteiger partial charge in [0.15, 0.2) is 0 Å². The molecule has 2 rings (SSSR count). The molecule has 1 aliphatic rings. The van der Waals surface area contributed by atoms with Gasteiger partial charge in [0.25, 0.3) is 0 Å². The number of nitrogens with one attached hydrogen (secondary N) is 1. The van der Waals surface area contributed by atoms with E-state index in [2.05, 4.69) is 67.4 Å². The molecule has 0 fully saturated rings. The summed E-state index contributed by atoms with van der Waals surface area (Å²) >= 11 is 0. The lowest BCUT2D eigenvalue weighted by atomic mass is 9.85. The van der Waals surface area contributed by atoms with Crippen molar-refractivity contribution in [2.75, 3.05) is 6.54 Å². The van der Waals surface area contributed by atoms with Crippen LogP contribution < -0.4 is 5.32 Å². The highest BCUT2D eigenvalue weighted by atomic mass is 14.9. The molecule has 0 amide bonds. The average Bonchev–Trinajstić information content (AvgIpc) is 2.69. The summed E-state index contributed by atoms with van der Waals surface area (Å²) in [5.41, 5.74) is 4.01. The van der Waals surface area contributed by atoms with Crippen molar-refractivity contribution in [3.8, 4) is 0 Å². The Balaban J connectivity index is 0.00000123. The van der Waals surface area contributed by atoms with E-state index in [-0.39, 0.29) is 0 Å². The Labute approximate surface area is 150 Å². The monoisotopic (exact) mass is 327 g/mol. The predicted molar refractivity (Wildman–Crippen MR) is 110 cm³/mol. The fourth-order valence-electron chi connectivity index (χ4n) is 2.62. The van der Waals surface area contributed by atoms with Crippen LogP contribution in [0.2, 0.25) is 0 Å². The molecule has 1 atom stereocenters. The number of allylic oxidation sites excluding steroid dienone is 5. The zero-order valence-electron chi connectivity index (χ0n) is 16.4. The van der Waals surface area contributed by atoms with Crippen molar-refractivity contribution in [3.05, 3.63) is 72.0 Å². The normalized spacial score (nSPS) is 13.5. The van der Waals surface area contributed by atoms with E-state index in [9.17, 15) is 0 Å². The summed E-state index contributed by atoms with van der Waals surface area (Å²) in [4.78, 5) is 0. The van der Waals surface area contributed by atoms with Crippen molar-refractivity contribution in [2.24, 2.45) is 0 Å². The van der Waals surface area contributed by atoms with Gasteiger partial charge in [0.05, 0.1) is 0 Å². The summed E-state index contributed by atoms with van der Waals surface area (Å²) in [6.07, 6.45) is 11.4. The Morgan fingerprint density at radius 1 is 1.08 bits per heavy atom. The quantitative estimate of drug-likeness (QED) is 0.568. The molecule has 24 heavy (non-hydrogen) atoms. The molecule has 0 aromatic heterocycles. The minimum atomic E-state index is 0.491. The van der Waals surface area contributed by atoms with Gasteiger partial charge in [-0.25, -0.2) is 0 Å². The van der Waals surface area contributed by atoms with Gasteiger partial charge in [0.2, 0.25) is 0 Å². The Morgan fingerprint density at radius 3 is 2.29 bits per heavy atom. The molecule has 0 heterocycles. The smallest absolute Gasteiger partial charge is 0.0152 e. The molecule has 0 saturated heterocycles. The fraction of sp³-hybridized carbons (Fsp3) is 0.478. The van der Waals surface area contributed by atoms with Crippen LogP contribution in [0.1, 0.15) is 71.8 Å². The number of hydrogen-bond donors (Lipinski definition) is 1. The van der Waals surface area contributed by atoms with Crippen LogP contribution in [0, 0.1) is 0 Å². The SMILES string of the molecule is C=C(CC)NCCC(C1=CCCC=C1)c1ccccc1.CC.CC. The highest BCUT2D eigenvalue weighted by Gasteiger charge is 2.15. The summed E-state index contributed by atoms with van der Waals surface area (Å²) < 4.78 is 0. The zero-order chi connectivity index (χ0) is 18.2. The second kappa shape index (κ2) is 14.8. The fourth-order valence-corrected chi connectivity index (χ4v) is 2.62. The molecule has 1 N–H and O–H groups in total. The molecular formula is C23H37N. The van der Waals surface area contributed by atoms with E-state index in [4.69, 9.17) is 0 Å². The number of rotatable bonds is 7. The van der Waals surface area contributed by atoms with Crippen LogP contribution in [0.4, 0.5) is 0 Å². The van der Waals surface area contributed by atoms with Crippen LogP contribution in [-0.4, -0.2) is 6.54 Å². The molecule has 1 aromatic rings. The third-order valence-corrected chi connectivity index (χ3v) is 3.86. The van der Waals surface area contributed by atoms with Crippen molar-refractivity contribution in [2.45, 2.75) is 66.2 Å². The van der Waals surface area contributed by atoms with Gasteiger partial charge in [-0.2, -0.15) is 0 Å². The molecule has 1 heteroatoms. The van der Waals surface area contributed by atoms with Gasteiger partial charge in [0, 0.05) is 18.2 Å². The standard InChI is InChI=1S/C19H25N.2C2H6/c1-3-16(2)20-15-14-19(17-10-6-4-7-11-17)18-12-8-5-9-13-18;2*1-2/h4,6-8,10-13,19-20H,2-3,5,9,14-15H2,1H3;2*1-2H3. The summed E-state index contributed by atoms with van der Waals surface area (Å²) in [5.74, 6) is 0.491. The van der Waals surface area contributed by atoms with Crippen LogP contribution in [0.25, 0.3) is 0 Å². The molecule has 0 radical (unpaired) electrons. The van der Waals surface area contributed by atoms with Crippen LogP contribution in [0.3, 0.4) is 0 Å². The van der Waals surface area contributed by atoms with E-state index in [0.29, 0.717) is 5.92 Å². The van der Waals surface area contributed by atoms with Gasteiger partial charge in [-0.15, -0.1) is 0 Å². The lowest BCUT2D eigenvalue weighted by Crippen LogP contribution is -2.17. The van der Waals surface area contributed by atoms with E-state index >= 15 is 0 Å². The second-order valence-electron chi connectivity index (χ2n) is 5.32. The lowest BCUT2D eigenvalue weighted by Gasteiger charge is -2.21. The molecule has 1 nitrogen and oxygen atoms in total. The highest BCUT2D eigenvalue weighted by Crippen LogP contribution is 2.30. The van der Waals surface area contributed by atoms with Crippen molar-refractivity contribution in [1.29, 1.82) is 0 Å². The number of hydrogen-bond acceptors (Lipinski definition) is 1. The summed E-state index contributed by atoms with van der Waals surface area (Å²) in [6.45, 7) is 15.1. The third kappa shape index (κ3) is 8.19. The predicted octanol–water partition coefficient (Wildman–Crippen LogP) is 7.00. The van der Waals surface area contributed by atoms with Crippen LogP contribution in [0.5, 0.6) is 0 Å². The van der Waals surface area contributed by atoms with Gasteiger partial charge >= 0.3 is 0 Å². The van der Waals surface area contributed by atoms with E-state index in [1.807, 2.05) is 27.7 Å². The van der Waals surface area contributed by atoms with Gasteiger partial charge in [-0.1, -0.05) is 89.8 Å². The first-order valence-corrected chi connectivity index (χ1v) is 9.64. The summed E-state index contributed by atoms with van der Waals surface area (Å²) in [5, 5.41) is 3.43. The molecule has 0 bridgehead atoms. The average molecular weight is 328 g/mol. The van der Waals surface area contributed by atoms with Crippen molar-refractivity contribution < 1.29 is 0 Å². The number of benzene rings is 1. The van der Waals surface area contributed by atoms with Gasteiger partial charge in [0.1, 0.15) is 0 Å². The Bertz CT molecular complexity index is 482. The van der Waals surface area contributed by atoms with Crippen LogP contribution in [0.15, 0.2) is 66.4 Å². The minimum absolute atomic E-state index is 0.491. The molecular weight excluding hydrogens is 290 g/mol. The van der Waals surface area contributed by atoms with Gasteiger partial charge in [-0.3, -0.25) is 0 Å². The molecule has 1 unspecified atom stereocenters. The Kier molecular flexibility index (Phi) is 13.7. The largest absolute Gasteiger partial charge is 0.389 e. The van der Waals surface area contributed by atoms with E-state index in [1.54, 1.807) is 0 Å². The molecule has 1 aromatic carbocycles. The topological polar surface area (TPSA) is 12.0 Å². The second-order valence-corrected chi connectivity index (χ2v) is 5.32. The highest BCUT2D eigenvalue weighted by molar-refractivity contribution is 5.36. The molecule has 134 valence electrons. The van der Waals surface area contributed by atoms with Gasteiger partial charge < -0.3 is 5.32 Å². The van der Waals surface area contributed by atoms with Crippen molar-refractivity contribution in [1.82, 2.24) is 5.32 Å². The lowest BCUT2D eigenvalue weighted by molar-refractivity contribution is 0.649. The van der Waals surface area contributed by atoms with E-state index in [0.717, 1.165) is 25.1 Å². The van der Waals surface area contributed by atoms with Crippen LogP contribution in [-0.2, 0) is 0 Å². The Morgan fingerprint density at radius 2 is 1.75 bits per heavy atom. The first-order chi connectivity index (χ1) is 11.8.